The standard InChI is InChI=1S/C12H19N3O3/c1-8-10(12(17)18-4)5-9(15(8)3)6-14-7-11(16)13-2/h5,14H,6-7H2,1-4H3,(H,13,16). The Morgan fingerprint density at radius 3 is 2.67 bits per heavy atom. The lowest BCUT2D eigenvalue weighted by Crippen LogP contribution is -2.31. The van der Waals surface area contributed by atoms with Crippen LogP contribution in [0, 0.1) is 6.92 Å². The highest BCUT2D eigenvalue weighted by Gasteiger charge is 2.15. The van der Waals surface area contributed by atoms with Gasteiger partial charge in [-0.15, -0.1) is 0 Å². The summed E-state index contributed by atoms with van der Waals surface area (Å²) in [5.74, 6) is -0.422. The number of ether oxygens (including phenoxy) is 1. The topological polar surface area (TPSA) is 72.4 Å². The van der Waals surface area contributed by atoms with Crippen LogP contribution in [0.5, 0.6) is 0 Å². The van der Waals surface area contributed by atoms with Crippen LogP contribution in [-0.2, 0) is 23.1 Å². The zero-order valence-corrected chi connectivity index (χ0v) is 11.2. The lowest BCUT2D eigenvalue weighted by atomic mass is 10.2. The summed E-state index contributed by atoms with van der Waals surface area (Å²) < 4.78 is 6.61. The van der Waals surface area contributed by atoms with Crippen LogP contribution in [0.25, 0.3) is 0 Å². The molecule has 1 aromatic rings. The van der Waals surface area contributed by atoms with E-state index < -0.39 is 0 Å². The fourth-order valence-corrected chi connectivity index (χ4v) is 1.64. The first-order valence-corrected chi connectivity index (χ1v) is 5.66. The number of nitrogens with zero attached hydrogens (tertiary/aromatic N) is 1. The molecular formula is C12H19N3O3. The summed E-state index contributed by atoms with van der Waals surface area (Å²) in [6.45, 7) is 2.62. The van der Waals surface area contributed by atoms with Crippen LogP contribution < -0.4 is 10.6 Å². The maximum atomic E-state index is 11.5. The fraction of sp³-hybridized carbons (Fsp3) is 0.500. The van der Waals surface area contributed by atoms with E-state index in [0.29, 0.717) is 12.1 Å². The molecule has 0 bridgehead atoms. The van der Waals surface area contributed by atoms with Gasteiger partial charge in [0.1, 0.15) is 0 Å². The van der Waals surface area contributed by atoms with E-state index in [4.69, 9.17) is 4.74 Å². The van der Waals surface area contributed by atoms with Crippen LogP contribution in [0.3, 0.4) is 0 Å². The van der Waals surface area contributed by atoms with Crippen LogP contribution >= 0.6 is 0 Å². The van der Waals surface area contributed by atoms with Crippen LogP contribution in [-0.4, -0.2) is 37.1 Å². The number of amides is 1. The summed E-state index contributed by atoms with van der Waals surface area (Å²) in [5, 5.41) is 5.53. The number of hydrogen-bond acceptors (Lipinski definition) is 4. The maximum absolute atomic E-state index is 11.5. The Balaban J connectivity index is 2.72. The molecule has 1 amide bonds. The summed E-state index contributed by atoms with van der Waals surface area (Å²) in [4.78, 5) is 22.6. The van der Waals surface area contributed by atoms with Crippen LogP contribution in [0.4, 0.5) is 0 Å². The second-order valence-electron chi connectivity index (χ2n) is 3.96. The minimum Gasteiger partial charge on any atom is -0.465 e. The van der Waals surface area contributed by atoms with Gasteiger partial charge in [0.2, 0.25) is 5.91 Å². The number of hydrogen-bond donors (Lipinski definition) is 2. The number of methoxy groups -OCH3 is 1. The first-order valence-electron chi connectivity index (χ1n) is 5.66. The van der Waals surface area contributed by atoms with Crippen molar-refractivity contribution < 1.29 is 14.3 Å². The van der Waals surface area contributed by atoms with Gasteiger partial charge in [-0.05, 0) is 13.0 Å². The Labute approximate surface area is 106 Å². The third-order valence-electron chi connectivity index (χ3n) is 2.91. The van der Waals surface area contributed by atoms with Crippen molar-refractivity contribution in [3.05, 3.63) is 23.0 Å². The molecule has 0 aliphatic rings. The minimum atomic E-state index is -0.347. The van der Waals surface area contributed by atoms with E-state index in [1.165, 1.54) is 7.11 Å². The molecule has 0 unspecified atom stereocenters. The number of carbonyl (C=O) groups excluding carboxylic acids is 2. The van der Waals surface area contributed by atoms with Crippen molar-refractivity contribution in [2.75, 3.05) is 20.7 Å². The van der Waals surface area contributed by atoms with Crippen LogP contribution in [0.15, 0.2) is 6.07 Å². The number of rotatable bonds is 5. The molecule has 0 aliphatic carbocycles. The number of likely N-dealkylation sites (N-methyl/N-ethyl adjacent to an activating group) is 1. The molecule has 0 aromatic carbocycles. The molecule has 0 spiro atoms. The van der Waals surface area contributed by atoms with E-state index in [2.05, 4.69) is 10.6 Å². The fourth-order valence-electron chi connectivity index (χ4n) is 1.64. The third kappa shape index (κ3) is 3.10. The zero-order valence-electron chi connectivity index (χ0n) is 11.2. The second-order valence-corrected chi connectivity index (χ2v) is 3.96. The number of nitrogens with one attached hydrogen (secondary N) is 2. The van der Waals surface area contributed by atoms with Crippen molar-refractivity contribution in [3.8, 4) is 0 Å². The highest BCUT2D eigenvalue weighted by atomic mass is 16.5. The minimum absolute atomic E-state index is 0.0749. The van der Waals surface area contributed by atoms with E-state index in [-0.39, 0.29) is 18.4 Å². The van der Waals surface area contributed by atoms with Crippen molar-refractivity contribution in [1.29, 1.82) is 0 Å². The molecule has 6 nitrogen and oxygen atoms in total. The monoisotopic (exact) mass is 253 g/mol. The van der Waals surface area contributed by atoms with Gasteiger partial charge < -0.3 is 19.9 Å². The van der Waals surface area contributed by atoms with Gasteiger partial charge in [-0.1, -0.05) is 0 Å². The number of carbonyl (C=O) groups is 2. The van der Waals surface area contributed by atoms with Crippen molar-refractivity contribution in [2.45, 2.75) is 13.5 Å². The highest BCUT2D eigenvalue weighted by molar-refractivity contribution is 5.91. The summed E-state index contributed by atoms with van der Waals surface area (Å²) in [7, 11) is 4.82. The van der Waals surface area contributed by atoms with Crippen molar-refractivity contribution in [1.82, 2.24) is 15.2 Å². The summed E-state index contributed by atoms with van der Waals surface area (Å²) in [6, 6.07) is 1.78. The van der Waals surface area contributed by atoms with Gasteiger partial charge in [0, 0.05) is 32.0 Å². The van der Waals surface area contributed by atoms with Gasteiger partial charge in [-0.25, -0.2) is 4.79 Å². The van der Waals surface area contributed by atoms with Gasteiger partial charge in [-0.3, -0.25) is 4.79 Å². The zero-order chi connectivity index (χ0) is 13.7. The molecule has 1 aromatic heterocycles. The lowest BCUT2D eigenvalue weighted by Gasteiger charge is -2.06. The first kappa shape index (κ1) is 14.2. The Hall–Kier alpha value is -1.82. The Kier molecular flexibility index (Phi) is 4.91. The van der Waals surface area contributed by atoms with Crippen molar-refractivity contribution in [2.24, 2.45) is 7.05 Å². The average Bonchev–Trinajstić information content (AvgIpc) is 2.66. The number of esters is 1. The summed E-state index contributed by atoms with van der Waals surface area (Å²) >= 11 is 0. The second kappa shape index (κ2) is 6.20. The SMILES string of the molecule is CNC(=O)CNCc1cc(C(=O)OC)c(C)n1C. The quantitative estimate of drug-likeness (QED) is 0.722. The van der Waals surface area contributed by atoms with Crippen LogP contribution in [0.1, 0.15) is 21.7 Å². The van der Waals surface area contributed by atoms with E-state index >= 15 is 0 Å². The average molecular weight is 253 g/mol. The molecule has 1 rings (SSSR count). The molecule has 6 heteroatoms. The Bertz CT molecular complexity index is 452. The molecule has 0 saturated heterocycles. The highest BCUT2D eigenvalue weighted by Crippen LogP contribution is 2.14. The largest absolute Gasteiger partial charge is 0.465 e. The third-order valence-corrected chi connectivity index (χ3v) is 2.91. The van der Waals surface area contributed by atoms with Gasteiger partial charge in [0.25, 0.3) is 0 Å². The van der Waals surface area contributed by atoms with E-state index in [1.807, 2.05) is 18.5 Å². The molecule has 0 radical (unpaired) electrons. The smallest absolute Gasteiger partial charge is 0.339 e. The van der Waals surface area contributed by atoms with Crippen molar-refractivity contribution in [3.63, 3.8) is 0 Å². The van der Waals surface area contributed by atoms with Gasteiger partial charge >= 0.3 is 5.97 Å². The molecular weight excluding hydrogens is 234 g/mol. The van der Waals surface area contributed by atoms with E-state index in [1.54, 1.807) is 13.1 Å². The molecule has 0 aliphatic heterocycles. The van der Waals surface area contributed by atoms with Gasteiger partial charge in [-0.2, -0.15) is 0 Å². The Morgan fingerprint density at radius 1 is 1.44 bits per heavy atom. The predicted molar refractivity (Wildman–Crippen MR) is 67.3 cm³/mol. The molecule has 0 atom stereocenters. The summed E-state index contributed by atoms with van der Waals surface area (Å²) in [6.07, 6.45) is 0. The first-order chi connectivity index (χ1) is 8.51. The normalized spacial score (nSPS) is 10.2. The molecule has 0 saturated carbocycles. The Morgan fingerprint density at radius 2 is 2.11 bits per heavy atom. The molecule has 2 N–H and O–H groups in total. The van der Waals surface area contributed by atoms with Gasteiger partial charge in [0.15, 0.2) is 0 Å². The van der Waals surface area contributed by atoms with Gasteiger partial charge in [0.05, 0.1) is 19.2 Å². The molecule has 100 valence electrons. The van der Waals surface area contributed by atoms with Crippen LogP contribution in [0.2, 0.25) is 0 Å². The number of aromatic nitrogens is 1. The molecule has 0 fully saturated rings. The molecule has 18 heavy (non-hydrogen) atoms. The molecule has 1 heterocycles. The summed E-state index contributed by atoms with van der Waals surface area (Å²) in [5.41, 5.74) is 2.33. The van der Waals surface area contributed by atoms with E-state index in [9.17, 15) is 9.59 Å². The predicted octanol–water partition coefficient (Wildman–Crippen LogP) is -0.0443. The van der Waals surface area contributed by atoms with Crippen molar-refractivity contribution >= 4 is 11.9 Å². The van der Waals surface area contributed by atoms with E-state index in [0.717, 1.165) is 11.4 Å². The maximum Gasteiger partial charge on any atom is 0.339 e. The lowest BCUT2D eigenvalue weighted by molar-refractivity contribution is -0.119.